The molecule has 0 radical (unpaired) electrons. The lowest BCUT2D eigenvalue weighted by Crippen LogP contribution is -2.32. The molecule has 0 fully saturated rings. The summed E-state index contributed by atoms with van der Waals surface area (Å²) in [5.74, 6) is -0.175. The number of hydrogen-bond donors (Lipinski definition) is 0. The van der Waals surface area contributed by atoms with Gasteiger partial charge in [-0.2, -0.15) is 5.10 Å². The van der Waals surface area contributed by atoms with E-state index in [2.05, 4.69) is 32.9 Å². The summed E-state index contributed by atoms with van der Waals surface area (Å²) < 4.78 is 7.88. The molecule has 1 aromatic heterocycles. The highest BCUT2D eigenvalue weighted by atomic mass is 79.9. The maximum atomic E-state index is 11.6. The summed E-state index contributed by atoms with van der Waals surface area (Å²) in [5.41, 5.74) is 2.04. The van der Waals surface area contributed by atoms with Crippen LogP contribution in [0.15, 0.2) is 4.47 Å². The van der Waals surface area contributed by atoms with Gasteiger partial charge in [0.2, 0.25) is 0 Å². The average Bonchev–Trinajstić information content (AvgIpc) is 2.56. The number of halogens is 1. The van der Waals surface area contributed by atoms with Crippen molar-refractivity contribution < 1.29 is 9.53 Å². The van der Waals surface area contributed by atoms with Crippen molar-refractivity contribution in [2.75, 3.05) is 19.7 Å². The van der Waals surface area contributed by atoms with Gasteiger partial charge in [0, 0.05) is 13.6 Å². The quantitative estimate of drug-likeness (QED) is 0.719. The number of aromatic nitrogens is 2. The molecule has 0 aliphatic rings. The Kier molecular flexibility index (Phi) is 6.51. The molecule has 5 nitrogen and oxygen atoms in total. The van der Waals surface area contributed by atoms with Crippen molar-refractivity contribution in [3.63, 3.8) is 0 Å². The molecule has 0 bridgehead atoms. The first-order valence-corrected chi connectivity index (χ1v) is 7.34. The van der Waals surface area contributed by atoms with Crippen LogP contribution >= 0.6 is 15.9 Å². The first-order valence-electron chi connectivity index (χ1n) is 6.55. The minimum atomic E-state index is -0.175. The first kappa shape index (κ1) is 16.2. The summed E-state index contributed by atoms with van der Waals surface area (Å²) in [4.78, 5) is 13.7. The maximum Gasteiger partial charge on any atom is 0.320 e. The smallest absolute Gasteiger partial charge is 0.320 e. The van der Waals surface area contributed by atoms with Gasteiger partial charge in [0.25, 0.3) is 0 Å². The molecule has 1 rings (SSSR count). The van der Waals surface area contributed by atoms with Crippen molar-refractivity contribution in [3.8, 4) is 0 Å². The molecule has 0 amide bonds. The van der Waals surface area contributed by atoms with Gasteiger partial charge in [-0.15, -0.1) is 0 Å². The summed E-state index contributed by atoms with van der Waals surface area (Å²) in [7, 11) is 1.92. The van der Waals surface area contributed by atoms with Gasteiger partial charge in [-0.3, -0.25) is 14.4 Å². The average molecular weight is 332 g/mol. The van der Waals surface area contributed by atoms with Crippen molar-refractivity contribution in [2.45, 2.75) is 33.7 Å². The highest BCUT2D eigenvalue weighted by Crippen LogP contribution is 2.21. The molecular weight excluding hydrogens is 310 g/mol. The molecule has 0 saturated carbocycles. The molecular formula is C13H22BrN3O2. The van der Waals surface area contributed by atoms with Gasteiger partial charge in [-0.05, 0) is 42.7 Å². The van der Waals surface area contributed by atoms with Gasteiger partial charge in [0.05, 0.1) is 29.0 Å². The van der Waals surface area contributed by atoms with Crippen molar-refractivity contribution in [1.29, 1.82) is 0 Å². The van der Waals surface area contributed by atoms with E-state index in [1.54, 1.807) is 0 Å². The summed E-state index contributed by atoms with van der Waals surface area (Å²) in [6.45, 7) is 8.17. The maximum absolute atomic E-state index is 11.6. The Morgan fingerprint density at radius 3 is 2.63 bits per heavy atom. The van der Waals surface area contributed by atoms with Crippen LogP contribution < -0.4 is 0 Å². The lowest BCUT2D eigenvalue weighted by molar-refractivity contribution is -0.144. The third kappa shape index (κ3) is 4.62. The van der Waals surface area contributed by atoms with Crippen LogP contribution in [0.3, 0.4) is 0 Å². The van der Waals surface area contributed by atoms with Crippen LogP contribution in [0.4, 0.5) is 0 Å². The zero-order chi connectivity index (χ0) is 14.4. The minimum Gasteiger partial charge on any atom is -0.465 e. The van der Waals surface area contributed by atoms with E-state index in [9.17, 15) is 4.79 Å². The largest absolute Gasteiger partial charge is 0.465 e. The fraction of sp³-hybridized carbons (Fsp3) is 0.692. The summed E-state index contributed by atoms with van der Waals surface area (Å²) >= 11 is 3.55. The van der Waals surface area contributed by atoms with Gasteiger partial charge >= 0.3 is 5.97 Å². The van der Waals surface area contributed by atoms with Crippen LogP contribution in [-0.4, -0.2) is 40.3 Å². The third-order valence-corrected chi connectivity index (χ3v) is 3.86. The second-order valence-corrected chi connectivity index (χ2v) is 5.28. The Morgan fingerprint density at radius 1 is 1.47 bits per heavy atom. The van der Waals surface area contributed by atoms with E-state index in [1.165, 1.54) is 0 Å². The van der Waals surface area contributed by atoms with Gasteiger partial charge in [0.1, 0.15) is 0 Å². The number of rotatable bonds is 7. The Balaban J connectivity index is 2.75. The van der Waals surface area contributed by atoms with E-state index in [-0.39, 0.29) is 5.97 Å². The molecule has 6 heteroatoms. The molecule has 0 aliphatic carbocycles. The van der Waals surface area contributed by atoms with Crippen LogP contribution in [0, 0.1) is 6.92 Å². The minimum absolute atomic E-state index is 0.175. The normalized spacial score (nSPS) is 11.1. The molecule has 19 heavy (non-hydrogen) atoms. The predicted molar refractivity (Wildman–Crippen MR) is 77.8 cm³/mol. The Hall–Kier alpha value is -0.880. The van der Waals surface area contributed by atoms with Crippen molar-refractivity contribution in [2.24, 2.45) is 7.05 Å². The lowest BCUT2D eigenvalue weighted by Gasteiger charge is -2.20. The summed E-state index contributed by atoms with van der Waals surface area (Å²) in [5, 5.41) is 4.37. The molecule has 0 N–H and O–H groups in total. The highest BCUT2D eigenvalue weighted by Gasteiger charge is 2.17. The van der Waals surface area contributed by atoms with Crippen LogP contribution in [0.25, 0.3) is 0 Å². The number of aryl methyl sites for hydroxylation is 2. The number of carbonyl (C=O) groups excluding carboxylic acids is 1. The van der Waals surface area contributed by atoms with Crippen LogP contribution in [0.2, 0.25) is 0 Å². The molecule has 0 saturated heterocycles. The Bertz CT molecular complexity index is 432. The molecule has 0 aliphatic heterocycles. The van der Waals surface area contributed by atoms with Gasteiger partial charge in [0.15, 0.2) is 0 Å². The molecule has 0 spiro atoms. The van der Waals surface area contributed by atoms with E-state index < -0.39 is 0 Å². The van der Waals surface area contributed by atoms with Crippen LogP contribution in [0.1, 0.15) is 31.7 Å². The van der Waals surface area contributed by atoms with Crippen LogP contribution in [0.5, 0.6) is 0 Å². The molecule has 0 unspecified atom stereocenters. The monoisotopic (exact) mass is 331 g/mol. The van der Waals surface area contributed by atoms with E-state index in [4.69, 9.17) is 4.74 Å². The molecule has 1 heterocycles. The van der Waals surface area contributed by atoms with E-state index >= 15 is 0 Å². The Morgan fingerprint density at radius 2 is 2.16 bits per heavy atom. The fourth-order valence-corrected chi connectivity index (χ4v) is 2.44. The number of carbonyl (C=O) groups is 1. The van der Waals surface area contributed by atoms with E-state index in [0.29, 0.717) is 19.7 Å². The van der Waals surface area contributed by atoms with Gasteiger partial charge in [-0.1, -0.05) is 6.92 Å². The highest BCUT2D eigenvalue weighted by molar-refractivity contribution is 9.10. The van der Waals surface area contributed by atoms with Crippen molar-refractivity contribution in [1.82, 2.24) is 14.7 Å². The SMILES string of the molecule is CCCN(CC(=O)OCC)Cc1c(Br)c(C)nn1C. The first-order chi connectivity index (χ1) is 8.99. The standard InChI is InChI=1S/C13H22BrN3O2/c1-5-7-17(9-12(18)19-6-2)8-11-13(14)10(3)15-16(11)4/h5-9H2,1-4H3. The second kappa shape index (κ2) is 7.65. The zero-order valence-corrected chi connectivity index (χ0v) is 13.7. The van der Waals surface area contributed by atoms with E-state index in [1.807, 2.05) is 25.6 Å². The topological polar surface area (TPSA) is 47.4 Å². The number of esters is 1. The van der Waals surface area contributed by atoms with Crippen molar-refractivity contribution in [3.05, 3.63) is 15.9 Å². The van der Waals surface area contributed by atoms with Crippen molar-refractivity contribution >= 4 is 21.9 Å². The Labute approximate surface area is 123 Å². The summed E-state index contributed by atoms with van der Waals surface area (Å²) in [6, 6.07) is 0. The van der Waals surface area contributed by atoms with Gasteiger partial charge < -0.3 is 4.74 Å². The lowest BCUT2D eigenvalue weighted by atomic mass is 10.3. The number of hydrogen-bond acceptors (Lipinski definition) is 4. The predicted octanol–water partition coefficient (Wildman–Crippen LogP) is 2.27. The number of nitrogens with zero attached hydrogens (tertiary/aromatic N) is 3. The van der Waals surface area contributed by atoms with Crippen LogP contribution in [-0.2, 0) is 23.1 Å². The second-order valence-electron chi connectivity index (χ2n) is 4.49. The fourth-order valence-electron chi connectivity index (χ4n) is 1.98. The van der Waals surface area contributed by atoms with E-state index in [0.717, 1.165) is 28.8 Å². The zero-order valence-electron chi connectivity index (χ0n) is 12.1. The summed E-state index contributed by atoms with van der Waals surface area (Å²) in [6.07, 6.45) is 0.994. The third-order valence-electron chi connectivity index (χ3n) is 2.83. The number of ether oxygens (including phenoxy) is 1. The molecule has 1 aromatic rings. The molecule has 0 atom stereocenters. The molecule has 108 valence electrons. The molecule has 0 aromatic carbocycles. The van der Waals surface area contributed by atoms with Gasteiger partial charge in [-0.25, -0.2) is 0 Å².